The van der Waals surface area contributed by atoms with Crippen molar-refractivity contribution in [3.63, 3.8) is 0 Å². The summed E-state index contributed by atoms with van der Waals surface area (Å²) in [7, 11) is 4.13. The normalized spacial score (nSPS) is 14.5. The summed E-state index contributed by atoms with van der Waals surface area (Å²) in [6.07, 6.45) is 7.24. The molecule has 0 radical (unpaired) electrons. The van der Waals surface area contributed by atoms with Crippen molar-refractivity contribution in [1.82, 2.24) is 0 Å². The number of hydrogen-bond donors (Lipinski definition) is 0. The van der Waals surface area contributed by atoms with Gasteiger partial charge in [0.1, 0.15) is 0 Å². The molecule has 0 N–H and O–H groups in total. The van der Waals surface area contributed by atoms with Crippen LogP contribution < -0.4 is 4.90 Å². The summed E-state index contributed by atoms with van der Waals surface area (Å²) in [4.78, 5) is 2.12. The second-order valence-corrected chi connectivity index (χ2v) is 5.14. The van der Waals surface area contributed by atoms with Gasteiger partial charge in [0.25, 0.3) is 0 Å². The van der Waals surface area contributed by atoms with E-state index in [0.29, 0.717) is 0 Å². The Kier molecular flexibility index (Phi) is 4.10. The Morgan fingerprint density at radius 3 is 2.61 bits per heavy atom. The van der Waals surface area contributed by atoms with E-state index in [4.69, 9.17) is 0 Å². The Bertz CT molecular complexity index is 512. The molecule has 1 nitrogen and oxygen atoms in total. The van der Waals surface area contributed by atoms with Crippen molar-refractivity contribution >= 4 is 5.69 Å². The number of benzene rings is 1. The van der Waals surface area contributed by atoms with Crippen LogP contribution in [0.5, 0.6) is 0 Å². The van der Waals surface area contributed by atoms with Gasteiger partial charge in [-0.3, -0.25) is 0 Å². The Labute approximate surface area is 111 Å². The van der Waals surface area contributed by atoms with E-state index in [1.54, 1.807) is 0 Å². The summed E-state index contributed by atoms with van der Waals surface area (Å²) < 4.78 is 0. The van der Waals surface area contributed by atoms with Crippen LogP contribution in [0.1, 0.15) is 36.8 Å². The maximum atomic E-state index is 3.35. The summed E-state index contributed by atoms with van der Waals surface area (Å²) in [6, 6.07) is 6.46. The zero-order chi connectivity index (χ0) is 13.0. The largest absolute Gasteiger partial charge is 0.377 e. The molecule has 1 aliphatic carbocycles. The summed E-state index contributed by atoms with van der Waals surface area (Å²) >= 11 is 0. The topological polar surface area (TPSA) is 3.24 Å². The number of anilines is 1. The maximum absolute atomic E-state index is 3.35. The van der Waals surface area contributed by atoms with Gasteiger partial charge < -0.3 is 4.90 Å². The van der Waals surface area contributed by atoms with Crippen molar-refractivity contribution in [2.24, 2.45) is 0 Å². The van der Waals surface area contributed by atoms with Crippen LogP contribution in [0.15, 0.2) is 29.8 Å². The van der Waals surface area contributed by atoms with Gasteiger partial charge in [0.2, 0.25) is 0 Å². The van der Waals surface area contributed by atoms with E-state index in [9.17, 15) is 0 Å². The van der Waals surface area contributed by atoms with Gasteiger partial charge in [-0.05, 0) is 55.9 Å². The fourth-order valence-corrected chi connectivity index (χ4v) is 2.24. The molecule has 0 amide bonds. The number of allylic oxidation sites excluding steroid dienone is 2. The number of rotatable bonds is 1. The van der Waals surface area contributed by atoms with Gasteiger partial charge in [0.15, 0.2) is 0 Å². The first-order chi connectivity index (χ1) is 8.66. The minimum Gasteiger partial charge on any atom is -0.377 e. The van der Waals surface area contributed by atoms with E-state index in [0.717, 1.165) is 12.0 Å². The zero-order valence-electron chi connectivity index (χ0n) is 11.6. The molecule has 18 heavy (non-hydrogen) atoms. The van der Waals surface area contributed by atoms with Crippen LogP contribution in [0.25, 0.3) is 0 Å². The molecule has 2 rings (SSSR count). The summed E-state index contributed by atoms with van der Waals surface area (Å²) in [5.74, 6) is 6.69. The smallest absolute Gasteiger partial charge is 0.0520 e. The average Bonchev–Trinajstić information content (AvgIpc) is 2.37. The highest BCUT2D eigenvalue weighted by Gasteiger charge is 2.03. The van der Waals surface area contributed by atoms with E-state index in [1.165, 1.54) is 36.1 Å². The van der Waals surface area contributed by atoms with Crippen LogP contribution in [0.3, 0.4) is 0 Å². The third-order valence-electron chi connectivity index (χ3n) is 3.28. The first kappa shape index (κ1) is 12.8. The van der Waals surface area contributed by atoms with E-state index in [2.05, 4.69) is 62.0 Å². The molecule has 0 saturated heterocycles. The van der Waals surface area contributed by atoms with Gasteiger partial charge in [0.05, 0.1) is 5.69 Å². The molecule has 0 bridgehead atoms. The number of nitrogens with zero attached hydrogens (tertiary/aromatic N) is 1. The van der Waals surface area contributed by atoms with E-state index >= 15 is 0 Å². The predicted octanol–water partition coefficient (Wildman–Crippen LogP) is 3.91. The van der Waals surface area contributed by atoms with Gasteiger partial charge >= 0.3 is 0 Å². The second kappa shape index (κ2) is 5.78. The van der Waals surface area contributed by atoms with Crippen LogP contribution in [0.2, 0.25) is 0 Å². The fraction of sp³-hybridized carbons (Fsp3) is 0.412. The van der Waals surface area contributed by atoms with Crippen molar-refractivity contribution in [3.05, 3.63) is 41.0 Å². The molecule has 94 valence electrons. The molecular formula is C17H21N. The number of hydrogen-bond acceptors (Lipinski definition) is 1. The third kappa shape index (κ3) is 3.17. The first-order valence-corrected chi connectivity index (χ1v) is 6.66. The van der Waals surface area contributed by atoms with Crippen LogP contribution in [-0.2, 0) is 0 Å². The molecule has 0 aromatic heterocycles. The van der Waals surface area contributed by atoms with Crippen LogP contribution >= 0.6 is 0 Å². The van der Waals surface area contributed by atoms with Crippen LogP contribution in [0, 0.1) is 18.8 Å². The van der Waals surface area contributed by atoms with E-state index in [1.807, 2.05) is 0 Å². The summed E-state index contributed by atoms with van der Waals surface area (Å²) in [5.41, 5.74) is 4.91. The molecule has 0 saturated carbocycles. The molecule has 1 aliphatic rings. The molecule has 0 fully saturated rings. The van der Waals surface area contributed by atoms with Crippen LogP contribution in [0.4, 0.5) is 5.69 Å². The highest BCUT2D eigenvalue weighted by atomic mass is 15.1. The standard InChI is InChI=1S/C17H21N/c1-14-9-12-17(18(2)3)16(13-14)11-10-15-7-5-4-6-8-15/h7,9,12-13H,4-6,8H2,1-3H3. The predicted molar refractivity (Wildman–Crippen MR) is 78.9 cm³/mol. The second-order valence-electron chi connectivity index (χ2n) is 5.14. The van der Waals surface area contributed by atoms with Crippen molar-refractivity contribution in [3.8, 4) is 11.8 Å². The average molecular weight is 239 g/mol. The highest BCUT2D eigenvalue weighted by Crippen LogP contribution is 2.20. The van der Waals surface area contributed by atoms with Gasteiger partial charge in [-0.1, -0.05) is 24.0 Å². The first-order valence-electron chi connectivity index (χ1n) is 6.66. The Balaban J connectivity index is 2.30. The highest BCUT2D eigenvalue weighted by molar-refractivity contribution is 5.62. The van der Waals surface area contributed by atoms with Gasteiger partial charge in [-0.2, -0.15) is 0 Å². The quantitative estimate of drug-likeness (QED) is 0.672. The minimum atomic E-state index is 1.13. The summed E-state index contributed by atoms with van der Waals surface area (Å²) in [5, 5.41) is 0. The SMILES string of the molecule is Cc1ccc(N(C)C)c(C#CC2=CCCCC2)c1. The minimum absolute atomic E-state index is 1.13. The molecule has 0 heterocycles. The zero-order valence-corrected chi connectivity index (χ0v) is 11.6. The molecule has 0 spiro atoms. The van der Waals surface area contributed by atoms with Gasteiger partial charge in [-0.25, -0.2) is 0 Å². The lowest BCUT2D eigenvalue weighted by Crippen LogP contribution is -2.10. The fourth-order valence-electron chi connectivity index (χ4n) is 2.24. The molecule has 1 aromatic rings. The van der Waals surface area contributed by atoms with Crippen molar-refractivity contribution < 1.29 is 0 Å². The van der Waals surface area contributed by atoms with Crippen LogP contribution in [-0.4, -0.2) is 14.1 Å². The van der Waals surface area contributed by atoms with Crippen molar-refractivity contribution in [1.29, 1.82) is 0 Å². The third-order valence-corrected chi connectivity index (χ3v) is 3.28. The Morgan fingerprint density at radius 1 is 1.11 bits per heavy atom. The maximum Gasteiger partial charge on any atom is 0.0520 e. The lowest BCUT2D eigenvalue weighted by atomic mass is 9.99. The lowest BCUT2D eigenvalue weighted by Gasteiger charge is -2.15. The summed E-state index contributed by atoms with van der Waals surface area (Å²) in [6.45, 7) is 2.12. The van der Waals surface area contributed by atoms with E-state index < -0.39 is 0 Å². The Morgan fingerprint density at radius 2 is 1.94 bits per heavy atom. The van der Waals surface area contributed by atoms with Crippen molar-refractivity contribution in [2.75, 3.05) is 19.0 Å². The number of aryl methyl sites for hydroxylation is 1. The van der Waals surface area contributed by atoms with E-state index in [-0.39, 0.29) is 0 Å². The molecule has 0 atom stereocenters. The molecule has 1 heteroatoms. The lowest BCUT2D eigenvalue weighted by molar-refractivity contribution is 0.715. The van der Waals surface area contributed by atoms with Gasteiger partial charge in [-0.15, -0.1) is 0 Å². The molecule has 1 aromatic carbocycles. The molecule has 0 unspecified atom stereocenters. The Hall–Kier alpha value is -1.68. The monoisotopic (exact) mass is 239 g/mol. The van der Waals surface area contributed by atoms with Gasteiger partial charge in [0, 0.05) is 19.7 Å². The van der Waals surface area contributed by atoms with Crippen molar-refractivity contribution in [2.45, 2.75) is 32.6 Å². The molecule has 0 aliphatic heterocycles. The molecular weight excluding hydrogens is 218 g/mol.